The largest absolute Gasteiger partial charge is 0.416 e. The van der Waals surface area contributed by atoms with E-state index in [1.54, 1.807) is 12.1 Å². The fourth-order valence-corrected chi connectivity index (χ4v) is 4.86. The summed E-state index contributed by atoms with van der Waals surface area (Å²) >= 11 is 0. The van der Waals surface area contributed by atoms with E-state index in [1.807, 2.05) is 6.20 Å². The van der Waals surface area contributed by atoms with E-state index in [1.165, 1.54) is 12.1 Å². The van der Waals surface area contributed by atoms with E-state index in [-0.39, 0.29) is 12.1 Å². The Morgan fingerprint density at radius 1 is 1.10 bits per heavy atom. The summed E-state index contributed by atoms with van der Waals surface area (Å²) in [6.45, 7) is 3.23. The minimum absolute atomic E-state index is 0.0868. The fraction of sp³-hybridized carbons (Fsp3) is 0.524. The Morgan fingerprint density at radius 2 is 1.90 bits per heavy atom. The van der Waals surface area contributed by atoms with E-state index in [0.717, 1.165) is 49.6 Å². The van der Waals surface area contributed by atoms with Crippen LogP contribution in [0.4, 0.5) is 19.1 Å². The summed E-state index contributed by atoms with van der Waals surface area (Å²) in [6.07, 6.45) is 0.232. The van der Waals surface area contributed by atoms with Gasteiger partial charge in [-0.05, 0) is 24.5 Å². The lowest BCUT2D eigenvalue weighted by Crippen LogP contribution is -2.40. The van der Waals surface area contributed by atoms with Crippen molar-refractivity contribution >= 4 is 5.95 Å². The molecule has 29 heavy (non-hydrogen) atoms. The smallest absolute Gasteiger partial charge is 0.378 e. The second-order valence-electron chi connectivity index (χ2n) is 7.95. The SMILES string of the molecule is FC(F)(F)c1ccccc1CN1[C@H]2CC[C@H]1c1cnc(N3CCOCC3)nc1C2. The molecule has 2 saturated heterocycles. The number of hydrogen-bond donors (Lipinski definition) is 0. The van der Waals surface area contributed by atoms with Gasteiger partial charge in [0.05, 0.1) is 24.5 Å². The maximum absolute atomic E-state index is 13.4. The Morgan fingerprint density at radius 3 is 2.69 bits per heavy atom. The van der Waals surface area contributed by atoms with Gasteiger partial charge < -0.3 is 9.64 Å². The van der Waals surface area contributed by atoms with Crippen LogP contribution in [0.25, 0.3) is 0 Å². The average molecular weight is 404 g/mol. The van der Waals surface area contributed by atoms with Crippen LogP contribution in [0.15, 0.2) is 30.5 Å². The van der Waals surface area contributed by atoms with Crippen molar-refractivity contribution in [2.75, 3.05) is 31.2 Å². The van der Waals surface area contributed by atoms with Gasteiger partial charge in [-0.15, -0.1) is 0 Å². The zero-order valence-electron chi connectivity index (χ0n) is 16.0. The zero-order chi connectivity index (χ0) is 20.0. The molecule has 0 amide bonds. The molecule has 4 heterocycles. The van der Waals surface area contributed by atoms with Crippen molar-refractivity contribution in [1.82, 2.24) is 14.9 Å². The molecule has 2 atom stereocenters. The first-order valence-corrected chi connectivity index (χ1v) is 10.1. The Labute approximate surface area is 167 Å². The molecule has 1 aromatic heterocycles. The summed E-state index contributed by atoms with van der Waals surface area (Å²) in [5.41, 5.74) is 1.92. The van der Waals surface area contributed by atoms with Gasteiger partial charge in [0.25, 0.3) is 0 Å². The van der Waals surface area contributed by atoms with Crippen molar-refractivity contribution in [3.8, 4) is 0 Å². The predicted molar refractivity (Wildman–Crippen MR) is 102 cm³/mol. The van der Waals surface area contributed by atoms with Crippen LogP contribution in [0.5, 0.6) is 0 Å². The summed E-state index contributed by atoms with van der Waals surface area (Å²) in [5, 5.41) is 0. The summed E-state index contributed by atoms with van der Waals surface area (Å²) in [6, 6.07) is 6.21. The van der Waals surface area contributed by atoms with Crippen LogP contribution in [0.2, 0.25) is 0 Å². The van der Waals surface area contributed by atoms with Crippen LogP contribution < -0.4 is 4.90 Å². The lowest BCUT2D eigenvalue weighted by molar-refractivity contribution is -0.138. The van der Waals surface area contributed by atoms with Gasteiger partial charge in [0.2, 0.25) is 5.95 Å². The molecule has 0 radical (unpaired) electrons. The van der Waals surface area contributed by atoms with Gasteiger partial charge in [-0.25, -0.2) is 9.97 Å². The number of rotatable bonds is 3. The summed E-state index contributed by atoms with van der Waals surface area (Å²) in [7, 11) is 0. The van der Waals surface area contributed by atoms with Crippen LogP contribution in [-0.2, 0) is 23.9 Å². The molecule has 2 aromatic rings. The third-order valence-electron chi connectivity index (χ3n) is 6.29. The molecule has 154 valence electrons. The highest BCUT2D eigenvalue weighted by Crippen LogP contribution is 2.45. The number of benzene rings is 1. The quantitative estimate of drug-likeness (QED) is 0.782. The van der Waals surface area contributed by atoms with E-state index < -0.39 is 11.7 Å². The van der Waals surface area contributed by atoms with Gasteiger partial charge >= 0.3 is 6.18 Å². The van der Waals surface area contributed by atoms with Crippen LogP contribution in [0.3, 0.4) is 0 Å². The standard InChI is InChI=1S/C21H23F3N4O/c22-21(23,24)17-4-2-1-3-14(17)13-28-15-5-6-19(28)16-12-25-20(26-18(16)11-15)27-7-9-29-10-8-27/h1-4,12,15,19H,5-11,13H2/t15-,19-/m0/s1. The van der Waals surface area contributed by atoms with E-state index in [4.69, 9.17) is 9.72 Å². The molecule has 0 N–H and O–H groups in total. The van der Waals surface area contributed by atoms with Gasteiger partial charge in [0, 0.05) is 49.9 Å². The number of morpholine rings is 1. The monoisotopic (exact) mass is 404 g/mol. The van der Waals surface area contributed by atoms with E-state index in [9.17, 15) is 13.2 Å². The highest BCUT2D eigenvalue weighted by atomic mass is 19.4. The molecule has 2 fully saturated rings. The van der Waals surface area contributed by atoms with E-state index >= 15 is 0 Å². The van der Waals surface area contributed by atoms with Crippen molar-refractivity contribution in [2.45, 2.75) is 44.1 Å². The van der Waals surface area contributed by atoms with Crippen molar-refractivity contribution < 1.29 is 17.9 Å². The molecule has 1 aromatic carbocycles. The Balaban J connectivity index is 1.41. The predicted octanol–water partition coefficient (Wildman–Crippen LogP) is 3.59. The van der Waals surface area contributed by atoms with Crippen LogP contribution in [0.1, 0.15) is 41.3 Å². The number of aromatic nitrogens is 2. The van der Waals surface area contributed by atoms with Gasteiger partial charge in [-0.2, -0.15) is 13.2 Å². The number of hydrogen-bond acceptors (Lipinski definition) is 5. The minimum Gasteiger partial charge on any atom is -0.378 e. The third kappa shape index (κ3) is 3.48. The van der Waals surface area contributed by atoms with Gasteiger partial charge in [0.1, 0.15) is 0 Å². The molecule has 3 aliphatic heterocycles. The van der Waals surface area contributed by atoms with Crippen LogP contribution in [0, 0.1) is 0 Å². The van der Waals surface area contributed by atoms with Gasteiger partial charge in [-0.3, -0.25) is 4.90 Å². The second kappa shape index (κ2) is 7.25. The molecule has 5 rings (SSSR count). The highest BCUT2D eigenvalue weighted by molar-refractivity contribution is 5.38. The van der Waals surface area contributed by atoms with Crippen LogP contribution >= 0.6 is 0 Å². The molecule has 0 spiro atoms. The molecule has 0 aliphatic carbocycles. The molecule has 3 aliphatic rings. The first-order chi connectivity index (χ1) is 14.0. The summed E-state index contributed by atoms with van der Waals surface area (Å²) < 4.78 is 45.7. The molecule has 2 bridgehead atoms. The molecule has 0 saturated carbocycles. The number of alkyl halides is 3. The van der Waals surface area contributed by atoms with Crippen molar-refractivity contribution in [3.05, 3.63) is 52.8 Å². The maximum atomic E-state index is 13.4. The van der Waals surface area contributed by atoms with Crippen LogP contribution in [-0.4, -0.2) is 47.2 Å². The highest BCUT2D eigenvalue weighted by Gasteiger charge is 2.42. The third-order valence-corrected chi connectivity index (χ3v) is 6.29. The number of fused-ring (bicyclic) bond motifs is 4. The Kier molecular flexibility index (Phi) is 4.70. The topological polar surface area (TPSA) is 41.5 Å². The second-order valence-corrected chi connectivity index (χ2v) is 7.95. The first kappa shape index (κ1) is 18.8. The molecule has 8 heteroatoms. The average Bonchev–Trinajstić information content (AvgIpc) is 3.00. The van der Waals surface area contributed by atoms with Crippen molar-refractivity contribution in [2.24, 2.45) is 0 Å². The maximum Gasteiger partial charge on any atom is 0.416 e. The van der Waals surface area contributed by atoms with Gasteiger partial charge in [-0.1, -0.05) is 18.2 Å². The summed E-state index contributed by atoms with van der Waals surface area (Å²) in [4.78, 5) is 13.8. The van der Waals surface area contributed by atoms with E-state index in [2.05, 4.69) is 14.8 Å². The summed E-state index contributed by atoms with van der Waals surface area (Å²) in [5.74, 6) is 0.738. The number of anilines is 1. The zero-order valence-corrected chi connectivity index (χ0v) is 16.0. The molecular weight excluding hydrogens is 381 g/mol. The fourth-order valence-electron chi connectivity index (χ4n) is 4.86. The van der Waals surface area contributed by atoms with Crippen molar-refractivity contribution in [3.63, 3.8) is 0 Å². The molecular formula is C21H23F3N4O. The Hall–Kier alpha value is -2.19. The minimum atomic E-state index is -4.33. The first-order valence-electron chi connectivity index (χ1n) is 10.1. The lowest BCUT2D eigenvalue weighted by atomic mass is 9.97. The molecule has 5 nitrogen and oxygen atoms in total. The number of nitrogens with zero attached hydrogens (tertiary/aromatic N) is 4. The number of ether oxygens (including phenoxy) is 1. The van der Waals surface area contributed by atoms with Crippen molar-refractivity contribution in [1.29, 1.82) is 0 Å². The van der Waals surface area contributed by atoms with E-state index in [0.29, 0.717) is 25.3 Å². The number of halogens is 3. The Bertz CT molecular complexity index is 898. The lowest BCUT2D eigenvalue weighted by Gasteiger charge is -2.36. The normalized spacial score (nSPS) is 24.6. The molecule has 0 unspecified atom stereocenters. The van der Waals surface area contributed by atoms with Gasteiger partial charge in [0.15, 0.2) is 0 Å².